The first-order valence-corrected chi connectivity index (χ1v) is 8.98. The number of rotatable bonds is 4. The molecule has 0 saturated carbocycles. The summed E-state index contributed by atoms with van der Waals surface area (Å²) in [4.78, 5) is 25.8. The fourth-order valence-corrected chi connectivity index (χ4v) is 3.58. The lowest BCUT2D eigenvalue weighted by molar-refractivity contribution is 0.0665. The predicted octanol–water partition coefficient (Wildman–Crippen LogP) is 2.33. The third-order valence-corrected chi connectivity index (χ3v) is 4.98. The second-order valence-electron chi connectivity index (χ2n) is 6.96. The molecule has 0 aromatic carbocycles. The van der Waals surface area contributed by atoms with Crippen molar-refractivity contribution < 1.29 is 4.79 Å². The van der Waals surface area contributed by atoms with Gasteiger partial charge in [-0.15, -0.1) is 0 Å². The number of pyridine rings is 1. The van der Waals surface area contributed by atoms with Gasteiger partial charge in [0.25, 0.3) is 5.91 Å². The lowest BCUT2D eigenvalue weighted by atomic mass is 10.1. The van der Waals surface area contributed by atoms with Crippen molar-refractivity contribution in [1.29, 1.82) is 0 Å². The van der Waals surface area contributed by atoms with Crippen molar-refractivity contribution in [2.75, 3.05) is 27.2 Å². The Bertz CT molecular complexity index is 946. The fourth-order valence-electron chi connectivity index (χ4n) is 3.41. The monoisotopic (exact) mass is 372 g/mol. The molecule has 0 spiro atoms. The first-order valence-electron chi connectivity index (χ1n) is 8.60. The number of hydrogen-bond donors (Lipinski definition) is 0. The van der Waals surface area contributed by atoms with Crippen molar-refractivity contribution in [3.63, 3.8) is 0 Å². The summed E-state index contributed by atoms with van der Waals surface area (Å²) in [5.41, 5.74) is 2.20. The maximum Gasteiger partial charge on any atom is 0.274 e. The van der Waals surface area contributed by atoms with Gasteiger partial charge in [0.15, 0.2) is 0 Å². The van der Waals surface area contributed by atoms with Crippen LogP contribution in [0.2, 0.25) is 5.02 Å². The van der Waals surface area contributed by atoms with E-state index in [9.17, 15) is 4.79 Å². The van der Waals surface area contributed by atoms with Gasteiger partial charge in [-0.05, 0) is 39.2 Å². The van der Waals surface area contributed by atoms with E-state index < -0.39 is 0 Å². The van der Waals surface area contributed by atoms with Gasteiger partial charge in [-0.2, -0.15) is 0 Å². The number of nitrogens with zero attached hydrogens (tertiary/aromatic N) is 6. The Labute approximate surface area is 156 Å². The molecular formula is C18H21ClN6O. The van der Waals surface area contributed by atoms with Gasteiger partial charge in [0.1, 0.15) is 11.3 Å². The van der Waals surface area contributed by atoms with Crippen LogP contribution in [0.25, 0.3) is 5.65 Å². The van der Waals surface area contributed by atoms with Crippen molar-refractivity contribution in [3.05, 3.63) is 53.5 Å². The smallest absolute Gasteiger partial charge is 0.274 e. The largest absolute Gasteiger partial charge is 0.329 e. The van der Waals surface area contributed by atoms with E-state index in [1.54, 1.807) is 22.9 Å². The number of hydrogen-bond acceptors (Lipinski definition) is 4. The Morgan fingerprint density at radius 3 is 3.00 bits per heavy atom. The minimum atomic E-state index is -0.0628. The molecule has 136 valence electrons. The van der Waals surface area contributed by atoms with E-state index in [1.165, 1.54) is 0 Å². The molecule has 1 unspecified atom stereocenters. The second-order valence-corrected chi connectivity index (χ2v) is 7.40. The highest BCUT2D eigenvalue weighted by Gasteiger charge is 2.29. The summed E-state index contributed by atoms with van der Waals surface area (Å²) in [5.74, 6) is -0.0628. The summed E-state index contributed by atoms with van der Waals surface area (Å²) < 4.78 is 3.98. The van der Waals surface area contributed by atoms with E-state index in [0.717, 1.165) is 18.7 Å². The zero-order valence-electron chi connectivity index (χ0n) is 14.8. The summed E-state index contributed by atoms with van der Waals surface area (Å²) in [6, 6.07) is 3.80. The summed E-state index contributed by atoms with van der Waals surface area (Å²) >= 11 is 6.02. The molecule has 0 bridgehead atoms. The van der Waals surface area contributed by atoms with Crippen LogP contribution in [0, 0.1) is 0 Å². The average molecular weight is 373 g/mol. The van der Waals surface area contributed by atoms with Gasteiger partial charge >= 0.3 is 0 Å². The molecule has 26 heavy (non-hydrogen) atoms. The molecule has 8 heteroatoms. The SMILES string of the molecule is CN(C)CCC1CN(C(=O)c2cn3cc(Cl)ccc3n2)Cc2cncn21. The lowest BCUT2D eigenvalue weighted by Crippen LogP contribution is -2.41. The summed E-state index contributed by atoms with van der Waals surface area (Å²) in [7, 11) is 4.12. The number of carbonyl (C=O) groups is 1. The molecule has 0 N–H and O–H groups in total. The van der Waals surface area contributed by atoms with E-state index in [0.29, 0.717) is 29.5 Å². The molecule has 7 nitrogen and oxygen atoms in total. The zero-order chi connectivity index (χ0) is 18.3. The van der Waals surface area contributed by atoms with E-state index >= 15 is 0 Å². The topological polar surface area (TPSA) is 58.7 Å². The van der Waals surface area contributed by atoms with Gasteiger partial charge in [-0.25, -0.2) is 9.97 Å². The molecule has 0 fully saturated rings. The number of imidazole rings is 2. The van der Waals surface area contributed by atoms with Crippen LogP contribution in [0.4, 0.5) is 0 Å². The van der Waals surface area contributed by atoms with Crippen LogP contribution in [-0.4, -0.2) is 61.8 Å². The van der Waals surface area contributed by atoms with E-state index in [-0.39, 0.29) is 11.9 Å². The first-order chi connectivity index (χ1) is 12.5. The van der Waals surface area contributed by atoms with Crippen LogP contribution in [0.5, 0.6) is 0 Å². The molecule has 4 rings (SSSR count). The Balaban J connectivity index is 1.59. The normalized spacial score (nSPS) is 17.1. The zero-order valence-corrected chi connectivity index (χ0v) is 15.6. The molecule has 1 atom stereocenters. The van der Waals surface area contributed by atoms with Crippen LogP contribution in [0.1, 0.15) is 28.6 Å². The first kappa shape index (κ1) is 17.1. The fraction of sp³-hybridized carbons (Fsp3) is 0.389. The maximum absolute atomic E-state index is 13.0. The minimum Gasteiger partial charge on any atom is -0.329 e. The standard InChI is InChI=1S/C18H21ClN6O/c1-22(2)6-5-14-9-24(10-15-7-20-12-25(14)15)18(26)16-11-23-8-13(19)3-4-17(23)21-16/h3-4,7-8,11-12,14H,5-6,9-10H2,1-2H3. The van der Waals surface area contributed by atoms with Crippen LogP contribution in [0.15, 0.2) is 37.1 Å². The van der Waals surface area contributed by atoms with Crippen molar-refractivity contribution in [2.45, 2.75) is 19.0 Å². The molecule has 1 aliphatic heterocycles. The van der Waals surface area contributed by atoms with Gasteiger partial charge in [-0.3, -0.25) is 4.79 Å². The molecule has 1 aliphatic rings. The van der Waals surface area contributed by atoms with Crippen molar-refractivity contribution in [3.8, 4) is 0 Å². The average Bonchev–Trinajstić information content (AvgIpc) is 3.24. The number of aromatic nitrogens is 4. The van der Waals surface area contributed by atoms with Crippen molar-refractivity contribution in [2.24, 2.45) is 0 Å². The van der Waals surface area contributed by atoms with Crippen LogP contribution in [-0.2, 0) is 6.54 Å². The van der Waals surface area contributed by atoms with E-state index in [1.807, 2.05) is 23.5 Å². The minimum absolute atomic E-state index is 0.0628. The van der Waals surface area contributed by atoms with Crippen LogP contribution < -0.4 is 0 Å². The number of carbonyl (C=O) groups excluding carboxylic acids is 1. The van der Waals surface area contributed by atoms with Crippen LogP contribution >= 0.6 is 11.6 Å². The highest BCUT2D eigenvalue weighted by molar-refractivity contribution is 6.30. The Hall–Kier alpha value is -2.38. The van der Waals surface area contributed by atoms with Crippen molar-refractivity contribution >= 4 is 23.2 Å². The molecule has 0 aliphatic carbocycles. The molecule has 3 aromatic rings. The lowest BCUT2D eigenvalue weighted by Gasteiger charge is -2.34. The highest BCUT2D eigenvalue weighted by atomic mass is 35.5. The maximum atomic E-state index is 13.0. The Morgan fingerprint density at radius 1 is 1.35 bits per heavy atom. The van der Waals surface area contributed by atoms with Crippen molar-refractivity contribution in [1.82, 2.24) is 28.7 Å². The Kier molecular flexibility index (Phi) is 4.42. The molecule has 4 heterocycles. The van der Waals surface area contributed by atoms with Gasteiger partial charge in [0.05, 0.1) is 29.6 Å². The van der Waals surface area contributed by atoms with Gasteiger partial charge in [-0.1, -0.05) is 11.6 Å². The molecule has 0 saturated heterocycles. The summed E-state index contributed by atoms with van der Waals surface area (Å²) in [5, 5.41) is 0.611. The second kappa shape index (κ2) is 6.74. The third-order valence-electron chi connectivity index (χ3n) is 4.75. The Morgan fingerprint density at radius 2 is 2.19 bits per heavy atom. The van der Waals surface area contributed by atoms with E-state index in [2.05, 4.69) is 33.5 Å². The number of fused-ring (bicyclic) bond motifs is 2. The molecule has 1 amide bonds. The quantitative estimate of drug-likeness (QED) is 0.705. The van der Waals surface area contributed by atoms with Crippen LogP contribution in [0.3, 0.4) is 0 Å². The summed E-state index contributed by atoms with van der Waals surface area (Å²) in [6.45, 7) is 2.16. The summed E-state index contributed by atoms with van der Waals surface area (Å²) in [6.07, 6.45) is 8.16. The number of halogens is 1. The third kappa shape index (κ3) is 3.20. The van der Waals surface area contributed by atoms with Gasteiger partial charge in [0, 0.05) is 25.1 Å². The van der Waals surface area contributed by atoms with Gasteiger partial charge in [0.2, 0.25) is 0 Å². The molecule has 3 aromatic heterocycles. The van der Waals surface area contributed by atoms with Gasteiger partial charge < -0.3 is 18.8 Å². The number of amides is 1. The predicted molar refractivity (Wildman–Crippen MR) is 99.4 cm³/mol. The highest BCUT2D eigenvalue weighted by Crippen LogP contribution is 2.25. The molecular weight excluding hydrogens is 352 g/mol. The van der Waals surface area contributed by atoms with E-state index in [4.69, 9.17) is 11.6 Å². The molecule has 0 radical (unpaired) electrons.